The molecule has 0 aliphatic carbocycles. The zero-order chi connectivity index (χ0) is 14.4. The van der Waals surface area contributed by atoms with Gasteiger partial charge in [-0.1, -0.05) is 11.8 Å². The van der Waals surface area contributed by atoms with Crippen molar-refractivity contribution in [3.63, 3.8) is 0 Å². The molecule has 1 aromatic rings. The normalized spacial score (nSPS) is 17.4. The molecule has 1 amide bonds. The maximum absolute atomic E-state index is 12.1. The first-order chi connectivity index (χ1) is 9.70. The number of carbonyl (C=O) groups is 1. The van der Waals surface area contributed by atoms with Gasteiger partial charge in [0.1, 0.15) is 0 Å². The summed E-state index contributed by atoms with van der Waals surface area (Å²) in [7, 11) is 0. The predicted octanol–water partition coefficient (Wildman–Crippen LogP) is 1.21. The summed E-state index contributed by atoms with van der Waals surface area (Å²) in [4.78, 5) is 12.1. The Labute approximate surface area is 119 Å². The first kappa shape index (κ1) is 14.6. The number of rotatable bonds is 3. The van der Waals surface area contributed by atoms with Crippen molar-refractivity contribution in [3.05, 3.63) is 34.9 Å². The van der Waals surface area contributed by atoms with E-state index in [1.165, 1.54) is 0 Å². The molecule has 1 aliphatic heterocycles. The SMILES string of the molecule is Cc1cc(C(=O)NCC2CCCO2)ccc1C#CCN. The van der Waals surface area contributed by atoms with Gasteiger partial charge in [0.2, 0.25) is 0 Å². The van der Waals surface area contributed by atoms with E-state index >= 15 is 0 Å². The zero-order valence-corrected chi connectivity index (χ0v) is 11.7. The van der Waals surface area contributed by atoms with Gasteiger partial charge in [-0.2, -0.15) is 0 Å². The van der Waals surface area contributed by atoms with Crippen molar-refractivity contribution in [2.75, 3.05) is 19.7 Å². The molecular weight excluding hydrogens is 252 g/mol. The van der Waals surface area contributed by atoms with Gasteiger partial charge in [0.25, 0.3) is 5.91 Å². The number of benzene rings is 1. The Balaban J connectivity index is 1.97. The minimum Gasteiger partial charge on any atom is -0.376 e. The molecule has 1 aromatic carbocycles. The lowest BCUT2D eigenvalue weighted by Crippen LogP contribution is -2.31. The maximum atomic E-state index is 12.1. The number of hydrogen-bond donors (Lipinski definition) is 2. The maximum Gasteiger partial charge on any atom is 0.251 e. The van der Waals surface area contributed by atoms with E-state index in [-0.39, 0.29) is 12.0 Å². The Morgan fingerprint density at radius 2 is 2.40 bits per heavy atom. The van der Waals surface area contributed by atoms with Gasteiger partial charge in [0.05, 0.1) is 12.6 Å². The number of ether oxygens (including phenoxy) is 1. The van der Waals surface area contributed by atoms with Crippen LogP contribution in [-0.4, -0.2) is 31.7 Å². The zero-order valence-electron chi connectivity index (χ0n) is 11.7. The molecule has 0 bridgehead atoms. The lowest BCUT2D eigenvalue weighted by Gasteiger charge is -2.11. The van der Waals surface area contributed by atoms with Gasteiger partial charge < -0.3 is 15.8 Å². The molecule has 1 aliphatic rings. The van der Waals surface area contributed by atoms with Crippen molar-refractivity contribution >= 4 is 5.91 Å². The molecule has 1 fully saturated rings. The van der Waals surface area contributed by atoms with Crippen molar-refractivity contribution in [3.8, 4) is 11.8 Å². The van der Waals surface area contributed by atoms with Crippen LogP contribution >= 0.6 is 0 Å². The standard InChI is InChI=1S/C16H20N2O2/c1-12-10-14(7-6-13(12)4-2-8-17)16(19)18-11-15-5-3-9-20-15/h6-7,10,15H,3,5,8-9,11,17H2,1H3,(H,18,19). The van der Waals surface area contributed by atoms with Crippen LogP contribution in [0.15, 0.2) is 18.2 Å². The molecule has 0 aromatic heterocycles. The Morgan fingerprint density at radius 3 is 3.05 bits per heavy atom. The highest BCUT2D eigenvalue weighted by Gasteiger charge is 2.16. The second kappa shape index (κ2) is 7.09. The molecule has 1 saturated heterocycles. The number of aryl methyl sites for hydroxylation is 1. The number of hydrogen-bond acceptors (Lipinski definition) is 3. The molecule has 1 unspecified atom stereocenters. The predicted molar refractivity (Wildman–Crippen MR) is 78.4 cm³/mol. The van der Waals surface area contributed by atoms with Gasteiger partial charge in [-0.25, -0.2) is 0 Å². The minimum absolute atomic E-state index is 0.0677. The first-order valence-electron chi connectivity index (χ1n) is 6.90. The van der Waals surface area contributed by atoms with Crippen LogP contribution in [0.25, 0.3) is 0 Å². The Morgan fingerprint density at radius 1 is 1.55 bits per heavy atom. The molecule has 20 heavy (non-hydrogen) atoms. The number of carbonyl (C=O) groups excluding carboxylic acids is 1. The highest BCUT2D eigenvalue weighted by Crippen LogP contribution is 2.12. The molecule has 2 rings (SSSR count). The van der Waals surface area contributed by atoms with Gasteiger partial charge in [0, 0.05) is 24.3 Å². The van der Waals surface area contributed by atoms with Crippen LogP contribution in [0.2, 0.25) is 0 Å². The van der Waals surface area contributed by atoms with Crippen LogP contribution in [-0.2, 0) is 4.74 Å². The minimum atomic E-state index is -0.0677. The fourth-order valence-corrected chi connectivity index (χ4v) is 2.21. The largest absolute Gasteiger partial charge is 0.376 e. The molecule has 0 radical (unpaired) electrons. The first-order valence-corrected chi connectivity index (χ1v) is 6.90. The van der Waals surface area contributed by atoms with Gasteiger partial charge in [0.15, 0.2) is 0 Å². The van der Waals surface area contributed by atoms with E-state index in [2.05, 4.69) is 17.2 Å². The topological polar surface area (TPSA) is 64.3 Å². The molecule has 4 heteroatoms. The second-order valence-corrected chi connectivity index (χ2v) is 4.88. The van der Waals surface area contributed by atoms with Gasteiger partial charge in [-0.3, -0.25) is 4.79 Å². The summed E-state index contributed by atoms with van der Waals surface area (Å²) in [5.74, 6) is 5.74. The van der Waals surface area contributed by atoms with Crippen molar-refractivity contribution in [1.82, 2.24) is 5.32 Å². The highest BCUT2D eigenvalue weighted by molar-refractivity contribution is 5.94. The number of amides is 1. The highest BCUT2D eigenvalue weighted by atomic mass is 16.5. The molecule has 4 nitrogen and oxygen atoms in total. The summed E-state index contributed by atoms with van der Waals surface area (Å²) in [5.41, 5.74) is 7.90. The molecule has 0 saturated carbocycles. The Hall–Kier alpha value is -1.83. The Kier molecular flexibility index (Phi) is 5.16. The van der Waals surface area contributed by atoms with E-state index in [0.717, 1.165) is 30.6 Å². The molecule has 1 atom stereocenters. The van der Waals surface area contributed by atoms with Crippen molar-refractivity contribution in [1.29, 1.82) is 0 Å². The molecular formula is C16H20N2O2. The van der Waals surface area contributed by atoms with Crippen LogP contribution < -0.4 is 11.1 Å². The summed E-state index contributed by atoms with van der Waals surface area (Å²) < 4.78 is 5.48. The number of nitrogens with two attached hydrogens (primary N) is 1. The monoisotopic (exact) mass is 272 g/mol. The third kappa shape index (κ3) is 3.83. The Bertz CT molecular complexity index is 537. The smallest absolute Gasteiger partial charge is 0.251 e. The quantitative estimate of drug-likeness (QED) is 0.813. The molecule has 0 spiro atoms. The van der Waals surface area contributed by atoms with E-state index in [0.29, 0.717) is 18.7 Å². The van der Waals surface area contributed by atoms with Crippen LogP contribution in [0.1, 0.15) is 34.3 Å². The third-order valence-electron chi connectivity index (χ3n) is 3.33. The van der Waals surface area contributed by atoms with Crippen LogP contribution in [0.3, 0.4) is 0 Å². The van der Waals surface area contributed by atoms with Gasteiger partial charge >= 0.3 is 0 Å². The van der Waals surface area contributed by atoms with E-state index in [4.69, 9.17) is 10.5 Å². The molecule has 1 heterocycles. The van der Waals surface area contributed by atoms with E-state index < -0.39 is 0 Å². The lowest BCUT2D eigenvalue weighted by molar-refractivity contribution is 0.0857. The average Bonchev–Trinajstić information content (AvgIpc) is 2.96. The van der Waals surface area contributed by atoms with Gasteiger partial charge in [-0.15, -0.1) is 0 Å². The van der Waals surface area contributed by atoms with Crippen molar-refractivity contribution in [2.24, 2.45) is 5.73 Å². The summed E-state index contributed by atoms with van der Waals surface area (Å²) in [6.07, 6.45) is 2.26. The van der Waals surface area contributed by atoms with Crippen molar-refractivity contribution < 1.29 is 9.53 Å². The van der Waals surface area contributed by atoms with Crippen molar-refractivity contribution in [2.45, 2.75) is 25.9 Å². The molecule has 3 N–H and O–H groups in total. The summed E-state index contributed by atoms with van der Waals surface area (Å²) in [6.45, 7) is 3.65. The average molecular weight is 272 g/mol. The van der Waals surface area contributed by atoms with Crippen LogP contribution in [0, 0.1) is 18.8 Å². The van der Waals surface area contributed by atoms with Crippen LogP contribution in [0.4, 0.5) is 0 Å². The van der Waals surface area contributed by atoms with E-state index in [1.807, 2.05) is 19.1 Å². The van der Waals surface area contributed by atoms with Crippen LogP contribution in [0.5, 0.6) is 0 Å². The van der Waals surface area contributed by atoms with E-state index in [9.17, 15) is 4.79 Å². The fraction of sp³-hybridized carbons (Fsp3) is 0.438. The lowest BCUT2D eigenvalue weighted by atomic mass is 10.0. The van der Waals surface area contributed by atoms with Gasteiger partial charge in [-0.05, 0) is 43.5 Å². The van der Waals surface area contributed by atoms with E-state index in [1.54, 1.807) is 6.07 Å². The number of nitrogens with one attached hydrogen (secondary N) is 1. The fourth-order valence-electron chi connectivity index (χ4n) is 2.21. The third-order valence-corrected chi connectivity index (χ3v) is 3.33. The summed E-state index contributed by atoms with van der Waals surface area (Å²) in [5, 5.41) is 2.91. The summed E-state index contributed by atoms with van der Waals surface area (Å²) >= 11 is 0. The summed E-state index contributed by atoms with van der Waals surface area (Å²) in [6, 6.07) is 5.50. The second-order valence-electron chi connectivity index (χ2n) is 4.88. The molecule has 106 valence electrons.